The number of ether oxygens (including phenoxy) is 3. The number of rotatable bonds is 43. The number of carbonyl (C=O) groups is 2. The van der Waals surface area contributed by atoms with Gasteiger partial charge in [0, 0.05) is 13.0 Å². The van der Waals surface area contributed by atoms with Gasteiger partial charge in [0.05, 0.1) is 13.0 Å². The van der Waals surface area contributed by atoms with E-state index < -0.39 is 6.10 Å². The summed E-state index contributed by atoms with van der Waals surface area (Å²) in [6.07, 6.45) is 78.6. The molecule has 0 fully saturated rings. The lowest BCUT2D eigenvalue weighted by atomic mass is 10.1. The van der Waals surface area contributed by atoms with Gasteiger partial charge in [0.1, 0.15) is 6.61 Å². The van der Waals surface area contributed by atoms with Crippen LogP contribution in [-0.4, -0.2) is 37.9 Å². The molecule has 0 rings (SSSR count). The minimum Gasteiger partial charge on any atom is -0.462 e. The number of carbonyl (C=O) groups excluding carboxylic acids is 2. The molecular weight excluding hydrogens is 789 g/mol. The second-order valence-corrected chi connectivity index (χ2v) is 15.6. The third kappa shape index (κ3) is 50.2. The van der Waals surface area contributed by atoms with Gasteiger partial charge in [0.25, 0.3) is 0 Å². The van der Waals surface area contributed by atoms with Gasteiger partial charge < -0.3 is 14.2 Å². The normalized spacial score (nSPS) is 13.6. The van der Waals surface area contributed by atoms with Crippen molar-refractivity contribution < 1.29 is 23.8 Å². The molecule has 356 valence electrons. The van der Waals surface area contributed by atoms with E-state index in [0.717, 1.165) is 122 Å². The van der Waals surface area contributed by atoms with E-state index in [2.05, 4.69) is 167 Å². The minimum absolute atomic E-state index is 0.00437. The molecule has 1 atom stereocenters. The van der Waals surface area contributed by atoms with Crippen molar-refractivity contribution in [2.75, 3.05) is 19.8 Å². The summed E-state index contributed by atoms with van der Waals surface area (Å²) >= 11 is 0. The fraction of sp³-hybridized carbons (Fsp3) is 0.525. The van der Waals surface area contributed by atoms with Crippen LogP contribution in [0.3, 0.4) is 0 Å². The van der Waals surface area contributed by atoms with Gasteiger partial charge >= 0.3 is 11.9 Å². The highest BCUT2D eigenvalue weighted by Gasteiger charge is 2.17. The summed E-state index contributed by atoms with van der Waals surface area (Å²) in [7, 11) is 0. The molecule has 0 spiro atoms. The molecule has 0 amide bonds. The molecule has 1 unspecified atom stereocenters. The third-order valence-corrected chi connectivity index (χ3v) is 9.57. The van der Waals surface area contributed by atoms with Crippen LogP contribution < -0.4 is 0 Å². The summed E-state index contributed by atoms with van der Waals surface area (Å²) in [5.74, 6) is -0.606. The van der Waals surface area contributed by atoms with Gasteiger partial charge in [0.2, 0.25) is 0 Å². The summed E-state index contributed by atoms with van der Waals surface area (Å²) in [4.78, 5) is 25.3. The van der Waals surface area contributed by atoms with E-state index in [0.29, 0.717) is 13.0 Å². The zero-order chi connectivity index (χ0) is 46.3. The summed E-state index contributed by atoms with van der Waals surface area (Å²) in [5.41, 5.74) is 0. The van der Waals surface area contributed by atoms with Crippen molar-refractivity contribution in [1.29, 1.82) is 0 Å². The van der Waals surface area contributed by atoms with Gasteiger partial charge in [-0.25, -0.2) is 0 Å². The summed E-state index contributed by atoms with van der Waals surface area (Å²) in [6, 6.07) is 0. The number of hydrogen-bond acceptors (Lipinski definition) is 5. The quantitative estimate of drug-likeness (QED) is 0.0347. The Labute approximate surface area is 393 Å². The van der Waals surface area contributed by atoms with Crippen LogP contribution in [0.25, 0.3) is 0 Å². The minimum atomic E-state index is -0.637. The Morgan fingerprint density at radius 3 is 1.12 bits per heavy atom. The SMILES string of the molecule is CC/C=C\C/C=C\C/C=C\C/C=C\C/C=C\CC(=O)OC(COCCC/C=C\C/C=C\C/C=C\C/C=C\CC)COC(=O)CCCCCCCC/C=C\C/C=C\C/C=C\C/C=C\CC. The van der Waals surface area contributed by atoms with E-state index in [1.54, 1.807) is 0 Å². The van der Waals surface area contributed by atoms with E-state index in [1.165, 1.54) is 19.3 Å². The molecule has 0 aromatic heterocycles. The average molecular weight is 879 g/mol. The zero-order valence-corrected chi connectivity index (χ0v) is 40.7. The van der Waals surface area contributed by atoms with Gasteiger partial charge in [-0.2, -0.15) is 0 Å². The highest BCUT2D eigenvalue weighted by molar-refractivity contribution is 5.71. The Balaban J connectivity index is 4.52. The average Bonchev–Trinajstić information content (AvgIpc) is 3.30. The number of hydrogen-bond donors (Lipinski definition) is 0. The molecule has 0 bridgehead atoms. The lowest BCUT2D eigenvalue weighted by Crippen LogP contribution is -2.29. The van der Waals surface area contributed by atoms with Gasteiger partial charge in [-0.1, -0.05) is 204 Å². The fourth-order valence-corrected chi connectivity index (χ4v) is 5.99. The molecule has 0 radical (unpaired) electrons. The van der Waals surface area contributed by atoms with Gasteiger partial charge in [0.15, 0.2) is 6.10 Å². The van der Waals surface area contributed by atoms with Crippen molar-refractivity contribution >= 4 is 11.9 Å². The third-order valence-electron chi connectivity index (χ3n) is 9.57. The van der Waals surface area contributed by atoms with E-state index in [-0.39, 0.29) is 31.6 Å². The monoisotopic (exact) mass is 879 g/mol. The Kier molecular flexibility index (Phi) is 49.2. The maximum atomic E-state index is 12.7. The molecular formula is C59H90O5. The summed E-state index contributed by atoms with van der Waals surface area (Å²) in [5, 5.41) is 0. The van der Waals surface area contributed by atoms with Crippen molar-refractivity contribution in [1.82, 2.24) is 0 Å². The largest absolute Gasteiger partial charge is 0.462 e. The highest BCUT2D eigenvalue weighted by Crippen LogP contribution is 2.11. The Morgan fingerprint density at radius 2 is 0.703 bits per heavy atom. The number of esters is 2. The number of allylic oxidation sites excluding steroid dienone is 25. The van der Waals surface area contributed by atoms with Crippen LogP contribution in [0.15, 0.2) is 158 Å². The van der Waals surface area contributed by atoms with Gasteiger partial charge in [-0.3, -0.25) is 9.59 Å². The topological polar surface area (TPSA) is 61.8 Å². The second-order valence-electron chi connectivity index (χ2n) is 15.6. The van der Waals surface area contributed by atoms with Crippen LogP contribution in [0, 0.1) is 0 Å². The van der Waals surface area contributed by atoms with Crippen LogP contribution >= 0.6 is 0 Å². The van der Waals surface area contributed by atoms with Gasteiger partial charge in [-0.15, -0.1) is 0 Å². The lowest BCUT2D eigenvalue weighted by molar-refractivity contribution is -0.162. The zero-order valence-electron chi connectivity index (χ0n) is 40.7. The molecule has 5 nitrogen and oxygen atoms in total. The molecule has 0 aliphatic heterocycles. The standard InChI is InChI=1S/C59H90O5/c1-4-7-10-13-16-19-22-25-28-29-30-31-33-34-37-40-43-46-49-52-58(60)63-56-57(55-62-54-51-48-45-42-39-36-27-24-21-18-15-12-9-6-3)64-59(61)53-50-47-44-41-38-35-32-26-23-20-17-14-11-8-5-2/h7-12,16-21,25-28,30-32,36,38,41-42,45,47,50,57H,4-6,13-15,22-24,29,33-35,37,39-40,43-44,46,48-49,51-56H2,1-3H3/b10-7-,11-8-,12-9-,19-16-,20-17-,21-18-,28-25-,31-30-,32-26-,36-27-,41-38-,45-42-,50-47-. The Bertz CT molecular complexity index is 1460. The molecule has 0 saturated carbocycles. The van der Waals surface area contributed by atoms with E-state index in [1.807, 2.05) is 12.2 Å². The molecule has 0 aromatic carbocycles. The first kappa shape index (κ1) is 59.5. The molecule has 0 aliphatic carbocycles. The Morgan fingerprint density at radius 1 is 0.359 bits per heavy atom. The maximum Gasteiger partial charge on any atom is 0.310 e. The van der Waals surface area contributed by atoms with Crippen LogP contribution in [0.4, 0.5) is 0 Å². The molecule has 64 heavy (non-hydrogen) atoms. The predicted molar refractivity (Wildman–Crippen MR) is 278 cm³/mol. The summed E-state index contributed by atoms with van der Waals surface area (Å²) in [6.45, 7) is 7.19. The first-order chi connectivity index (χ1) is 31.6. The molecule has 0 aromatic rings. The first-order valence-corrected chi connectivity index (χ1v) is 25.0. The highest BCUT2D eigenvalue weighted by atomic mass is 16.6. The summed E-state index contributed by atoms with van der Waals surface area (Å²) < 4.78 is 17.2. The van der Waals surface area contributed by atoms with Crippen LogP contribution in [0.5, 0.6) is 0 Å². The van der Waals surface area contributed by atoms with Crippen molar-refractivity contribution in [2.24, 2.45) is 0 Å². The van der Waals surface area contributed by atoms with Crippen molar-refractivity contribution in [2.45, 2.75) is 181 Å². The van der Waals surface area contributed by atoms with Crippen LogP contribution in [0.2, 0.25) is 0 Å². The Hall–Kier alpha value is -4.48. The maximum absolute atomic E-state index is 12.7. The van der Waals surface area contributed by atoms with E-state index in [9.17, 15) is 9.59 Å². The smallest absolute Gasteiger partial charge is 0.310 e. The molecule has 0 N–H and O–H groups in total. The van der Waals surface area contributed by atoms with Crippen molar-refractivity contribution in [3.63, 3.8) is 0 Å². The predicted octanol–water partition coefficient (Wildman–Crippen LogP) is 17.1. The molecule has 5 heteroatoms. The van der Waals surface area contributed by atoms with Crippen molar-refractivity contribution in [3.05, 3.63) is 158 Å². The first-order valence-electron chi connectivity index (χ1n) is 25.0. The van der Waals surface area contributed by atoms with E-state index >= 15 is 0 Å². The van der Waals surface area contributed by atoms with Crippen LogP contribution in [-0.2, 0) is 23.8 Å². The number of unbranched alkanes of at least 4 members (excludes halogenated alkanes) is 7. The van der Waals surface area contributed by atoms with Crippen molar-refractivity contribution in [3.8, 4) is 0 Å². The van der Waals surface area contributed by atoms with Crippen LogP contribution in [0.1, 0.15) is 175 Å². The fourth-order valence-electron chi connectivity index (χ4n) is 5.99. The molecule has 0 heterocycles. The van der Waals surface area contributed by atoms with E-state index in [4.69, 9.17) is 14.2 Å². The second kappa shape index (κ2) is 52.9. The lowest BCUT2D eigenvalue weighted by Gasteiger charge is -2.18. The molecule has 0 saturated heterocycles. The molecule has 0 aliphatic rings. The van der Waals surface area contributed by atoms with Gasteiger partial charge in [-0.05, 0) is 116 Å².